The van der Waals surface area contributed by atoms with E-state index < -0.39 is 25.7 Å². The van der Waals surface area contributed by atoms with Crippen molar-refractivity contribution in [2.24, 2.45) is 0 Å². The van der Waals surface area contributed by atoms with Crippen molar-refractivity contribution >= 4 is 37.6 Å². The normalized spacial score (nSPS) is 32.8. The predicted molar refractivity (Wildman–Crippen MR) is 81.5 cm³/mol. The van der Waals surface area contributed by atoms with Gasteiger partial charge in [-0.15, -0.1) is 0 Å². The van der Waals surface area contributed by atoms with Crippen LogP contribution in [0.2, 0.25) is 0 Å². The van der Waals surface area contributed by atoms with Gasteiger partial charge in [0.1, 0.15) is 6.10 Å². The number of rotatable bonds is 8. The van der Waals surface area contributed by atoms with E-state index in [9.17, 15) is 9.46 Å². The van der Waals surface area contributed by atoms with Gasteiger partial charge in [-0.05, 0) is 25.7 Å². The van der Waals surface area contributed by atoms with Crippen LogP contribution in [0, 0.1) is 0 Å². The highest BCUT2D eigenvalue weighted by Crippen LogP contribution is 2.53. The smallest absolute Gasteiger partial charge is 0.370 e. The molecule has 0 bridgehead atoms. The van der Waals surface area contributed by atoms with Gasteiger partial charge in [0.25, 0.3) is 0 Å². The molecular formula is C9H20O7P2S2. The van der Waals surface area contributed by atoms with Crippen LogP contribution in [0.15, 0.2) is 0 Å². The second-order valence-corrected chi connectivity index (χ2v) is 10.0. The van der Waals surface area contributed by atoms with Crippen molar-refractivity contribution in [2.45, 2.75) is 38.6 Å². The molecule has 2 unspecified atom stereocenters. The first kappa shape index (κ1) is 19.0. The summed E-state index contributed by atoms with van der Waals surface area (Å²) in [7, 11) is 1.24. The fourth-order valence-corrected chi connectivity index (χ4v) is 4.00. The average molecular weight is 366 g/mol. The van der Waals surface area contributed by atoms with E-state index in [1.54, 1.807) is 6.92 Å². The molecule has 1 saturated heterocycles. The van der Waals surface area contributed by atoms with Crippen LogP contribution in [0.5, 0.6) is 0 Å². The van der Waals surface area contributed by atoms with Gasteiger partial charge in [0, 0.05) is 13.5 Å². The lowest BCUT2D eigenvalue weighted by Crippen LogP contribution is -2.28. The van der Waals surface area contributed by atoms with Crippen LogP contribution in [0.3, 0.4) is 0 Å². The van der Waals surface area contributed by atoms with E-state index in [4.69, 9.17) is 30.1 Å². The molecule has 1 aliphatic heterocycles. The molecule has 1 N–H and O–H groups in total. The summed E-state index contributed by atoms with van der Waals surface area (Å²) in [6.07, 6.45) is -0.565. The summed E-state index contributed by atoms with van der Waals surface area (Å²) in [5, 5.41) is 0. The molecule has 5 atom stereocenters. The van der Waals surface area contributed by atoms with E-state index in [-0.39, 0.29) is 19.3 Å². The van der Waals surface area contributed by atoms with Crippen LogP contribution in [0.1, 0.15) is 20.3 Å². The van der Waals surface area contributed by atoms with Crippen LogP contribution in [0.4, 0.5) is 0 Å². The van der Waals surface area contributed by atoms with Gasteiger partial charge in [0.15, 0.2) is 0 Å². The van der Waals surface area contributed by atoms with Gasteiger partial charge >= 0.3 is 13.5 Å². The Morgan fingerprint density at radius 1 is 1.50 bits per heavy atom. The van der Waals surface area contributed by atoms with Crippen molar-refractivity contribution in [1.82, 2.24) is 0 Å². The fourth-order valence-electron chi connectivity index (χ4n) is 1.76. The molecule has 0 aliphatic carbocycles. The maximum atomic E-state index is 11.6. The van der Waals surface area contributed by atoms with Gasteiger partial charge in [0.2, 0.25) is 0 Å². The average Bonchev–Trinajstić information content (AvgIpc) is 2.66. The minimum Gasteiger partial charge on any atom is -0.370 e. The largest absolute Gasteiger partial charge is 0.385 e. The van der Waals surface area contributed by atoms with Gasteiger partial charge < -0.3 is 23.2 Å². The number of hydrogen-bond acceptors (Lipinski definition) is 7. The van der Waals surface area contributed by atoms with Crippen LogP contribution < -0.4 is 0 Å². The highest BCUT2D eigenvalue weighted by molar-refractivity contribution is 8.44. The molecule has 0 saturated carbocycles. The summed E-state index contributed by atoms with van der Waals surface area (Å²) in [5.74, 6) is 0. The fraction of sp³-hybridized carbons (Fsp3) is 1.00. The van der Waals surface area contributed by atoms with Crippen LogP contribution in [-0.4, -0.2) is 43.5 Å². The second kappa shape index (κ2) is 8.02. The summed E-state index contributed by atoms with van der Waals surface area (Å²) >= 11 is 8.64. The third-order valence-electron chi connectivity index (χ3n) is 2.58. The lowest BCUT2D eigenvalue weighted by atomic mass is 10.1. The Kier molecular flexibility index (Phi) is 7.63. The number of ether oxygens (including phenoxy) is 1. The van der Waals surface area contributed by atoms with E-state index in [0.29, 0.717) is 6.42 Å². The van der Waals surface area contributed by atoms with Crippen LogP contribution in [-0.2, 0) is 39.2 Å². The van der Waals surface area contributed by atoms with Crippen LogP contribution >= 0.6 is 25.8 Å². The molecule has 0 spiro atoms. The summed E-state index contributed by atoms with van der Waals surface area (Å²) in [4.78, 5) is 9.84. The summed E-state index contributed by atoms with van der Waals surface area (Å²) in [6.45, 7) is -2.90. The molecule has 20 heavy (non-hydrogen) atoms. The Morgan fingerprint density at radius 2 is 2.15 bits per heavy atom. The van der Waals surface area contributed by atoms with Crippen molar-refractivity contribution in [3.05, 3.63) is 0 Å². The summed E-state index contributed by atoms with van der Waals surface area (Å²) in [5.41, 5.74) is 0. The quantitative estimate of drug-likeness (QED) is 0.501. The molecule has 0 aromatic carbocycles. The summed E-state index contributed by atoms with van der Waals surface area (Å²) < 4.78 is 37.2. The molecule has 0 radical (unpaired) electrons. The monoisotopic (exact) mass is 366 g/mol. The van der Waals surface area contributed by atoms with Crippen molar-refractivity contribution in [2.75, 3.05) is 20.3 Å². The van der Waals surface area contributed by atoms with Gasteiger partial charge in [-0.3, -0.25) is 4.52 Å². The van der Waals surface area contributed by atoms with E-state index in [1.807, 2.05) is 6.92 Å². The topological polar surface area (TPSA) is 83.5 Å². The van der Waals surface area contributed by atoms with Gasteiger partial charge in [-0.1, -0.05) is 12.2 Å². The van der Waals surface area contributed by atoms with E-state index in [0.717, 1.165) is 0 Å². The Morgan fingerprint density at radius 3 is 2.70 bits per heavy atom. The molecule has 0 amide bonds. The molecule has 120 valence electrons. The first-order valence-corrected chi connectivity index (χ1v) is 11.3. The lowest BCUT2D eigenvalue weighted by Gasteiger charge is -2.23. The van der Waals surface area contributed by atoms with Gasteiger partial charge in [-0.25, -0.2) is 4.57 Å². The first-order chi connectivity index (χ1) is 9.19. The first-order valence-electron chi connectivity index (χ1n) is 6.03. The van der Waals surface area contributed by atoms with E-state index in [1.165, 1.54) is 7.11 Å². The standard InChI is InChI=1S/C9H20O7P2S2/c1-4-13-18(11,20)16-8-5-7(2)15-9(8)6-14-17(10,19)12-3/h7-9H,4-6H2,1-3H3,(H,10,19)(H,11,20)/t7-,8-,9+,17?,18?/m0/s1. The highest BCUT2D eigenvalue weighted by atomic mass is 32.7. The molecule has 0 aromatic heterocycles. The predicted octanol–water partition coefficient (Wildman–Crippen LogP) is 2.50. The molecule has 0 aromatic rings. The van der Waals surface area contributed by atoms with Crippen molar-refractivity contribution in [3.63, 3.8) is 0 Å². The van der Waals surface area contributed by atoms with Crippen molar-refractivity contribution in [1.29, 1.82) is 0 Å². The SMILES string of the molecule is CCOP(O)(=S)O[C@H]1C[C@H](C)O[C@@H]1COP(=O)(S)OC. The Hall–Kier alpha value is 0.990. The van der Waals surface area contributed by atoms with E-state index >= 15 is 0 Å². The Bertz CT molecular complexity index is 408. The second-order valence-electron chi connectivity index (χ2n) is 4.20. The Labute approximate surface area is 129 Å². The summed E-state index contributed by atoms with van der Waals surface area (Å²) in [6, 6.07) is 0. The van der Waals surface area contributed by atoms with Crippen LogP contribution in [0.25, 0.3) is 0 Å². The molecule has 1 fully saturated rings. The highest BCUT2D eigenvalue weighted by Gasteiger charge is 2.38. The molecule has 11 heteroatoms. The lowest BCUT2D eigenvalue weighted by molar-refractivity contribution is -0.0100. The Balaban J connectivity index is 2.60. The minimum absolute atomic E-state index is 0.0366. The maximum absolute atomic E-state index is 11.6. The number of thiol groups is 1. The minimum atomic E-state index is -3.39. The third-order valence-corrected chi connectivity index (χ3v) is 6.05. The van der Waals surface area contributed by atoms with Gasteiger partial charge in [-0.2, -0.15) is 0 Å². The number of hydrogen-bond donors (Lipinski definition) is 2. The maximum Gasteiger partial charge on any atom is 0.385 e. The molecule has 1 heterocycles. The third kappa shape index (κ3) is 6.40. The molecule has 7 nitrogen and oxygen atoms in total. The zero-order valence-corrected chi connectivity index (χ0v) is 15.0. The molecule has 1 rings (SSSR count). The van der Waals surface area contributed by atoms with Crippen molar-refractivity contribution in [3.8, 4) is 0 Å². The molecule has 1 aliphatic rings. The van der Waals surface area contributed by atoms with Gasteiger partial charge in [0.05, 0.1) is 25.4 Å². The van der Waals surface area contributed by atoms with E-state index in [2.05, 4.69) is 16.8 Å². The molecular weight excluding hydrogens is 346 g/mol. The zero-order valence-electron chi connectivity index (χ0n) is 11.5. The van der Waals surface area contributed by atoms with Crippen molar-refractivity contribution < 1.29 is 32.3 Å². The zero-order chi connectivity index (χ0) is 15.4.